The predicted molar refractivity (Wildman–Crippen MR) is 94.0 cm³/mol. The van der Waals surface area contributed by atoms with E-state index in [4.69, 9.17) is 4.74 Å². The Bertz CT molecular complexity index is 1010. The van der Waals surface area contributed by atoms with Gasteiger partial charge in [-0.15, -0.1) is 0 Å². The van der Waals surface area contributed by atoms with Gasteiger partial charge in [-0.3, -0.25) is 29.6 Å². The zero-order valence-electron chi connectivity index (χ0n) is 13.9. The van der Waals surface area contributed by atoms with Crippen molar-refractivity contribution in [1.29, 1.82) is 0 Å². The summed E-state index contributed by atoms with van der Waals surface area (Å²) in [6, 6.07) is 11.5. The molecule has 0 saturated heterocycles. The molecule has 26 heavy (non-hydrogen) atoms. The Morgan fingerprint density at radius 1 is 1.08 bits per heavy atom. The first kappa shape index (κ1) is 17.2. The Labute approximate surface area is 148 Å². The molecular weight excluding hydrogens is 336 g/mol. The van der Waals surface area contributed by atoms with Crippen LogP contribution in [0.25, 0.3) is 5.65 Å². The molecule has 3 aromatic rings. The van der Waals surface area contributed by atoms with Crippen LogP contribution in [0.2, 0.25) is 0 Å². The fourth-order valence-corrected chi connectivity index (χ4v) is 2.30. The van der Waals surface area contributed by atoms with Crippen molar-refractivity contribution in [1.82, 2.24) is 20.2 Å². The maximum absolute atomic E-state index is 12.3. The monoisotopic (exact) mass is 352 g/mol. The normalized spacial score (nSPS) is 10.3. The van der Waals surface area contributed by atoms with Crippen LogP contribution in [0.3, 0.4) is 0 Å². The number of pyridine rings is 1. The van der Waals surface area contributed by atoms with Crippen molar-refractivity contribution in [3.05, 3.63) is 76.3 Å². The van der Waals surface area contributed by atoms with Crippen LogP contribution in [0.15, 0.2) is 59.7 Å². The van der Waals surface area contributed by atoms with E-state index in [1.807, 2.05) is 6.92 Å². The number of aromatic nitrogens is 2. The number of ether oxygens (including phenoxy) is 1. The lowest BCUT2D eigenvalue weighted by Gasteiger charge is -2.08. The van der Waals surface area contributed by atoms with Gasteiger partial charge in [0.05, 0.1) is 6.61 Å². The highest BCUT2D eigenvalue weighted by Gasteiger charge is 2.14. The quantitative estimate of drug-likeness (QED) is 0.686. The van der Waals surface area contributed by atoms with Crippen molar-refractivity contribution in [2.75, 3.05) is 6.61 Å². The van der Waals surface area contributed by atoms with Gasteiger partial charge in [-0.25, -0.2) is 4.98 Å². The molecule has 0 spiro atoms. The number of nitrogens with zero attached hydrogens (tertiary/aromatic N) is 2. The maximum Gasteiger partial charge on any atom is 0.276 e. The van der Waals surface area contributed by atoms with Gasteiger partial charge < -0.3 is 4.74 Å². The number of nitrogens with one attached hydrogen (secondary N) is 2. The molecular formula is C18H16N4O4. The summed E-state index contributed by atoms with van der Waals surface area (Å²) in [5.74, 6) is -0.626. The van der Waals surface area contributed by atoms with Crippen LogP contribution in [0, 0.1) is 0 Å². The van der Waals surface area contributed by atoms with Crippen LogP contribution in [-0.2, 0) is 0 Å². The summed E-state index contributed by atoms with van der Waals surface area (Å²) in [5.41, 5.74) is 4.54. The maximum atomic E-state index is 12.3. The number of rotatable bonds is 4. The molecule has 0 fully saturated rings. The van der Waals surface area contributed by atoms with E-state index in [0.29, 0.717) is 23.6 Å². The molecule has 3 rings (SSSR count). The summed E-state index contributed by atoms with van der Waals surface area (Å²) in [4.78, 5) is 40.6. The predicted octanol–water partition coefficient (Wildman–Crippen LogP) is 1.17. The van der Waals surface area contributed by atoms with E-state index < -0.39 is 17.4 Å². The number of fused-ring (bicyclic) bond motifs is 1. The van der Waals surface area contributed by atoms with Crippen LogP contribution < -0.4 is 21.1 Å². The minimum absolute atomic E-state index is 0.180. The van der Waals surface area contributed by atoms with Gasteiger partial charge >= 0.3 is 0 Å². The van der Waals surface area contributed by atoms with Crippen molar-refractivity contribution >= 4 is 17.5 Å². The summed E-state index contributed by atoms with van der Waals surface area (Å²) < 4.78 is 6.55. The third kappa shape index (κ3) is 3.54. The lowest BCUT2D eigenvalue weighted by molar-refractivity contribution is 0.0845. The third-order valence-electron chi connectivity index (χ3n) is 3.58. The van der Waals surface area contributed by atoms with Crippen LogP contribution in [0.1, 0.15) is 27.6 Å². The van der Waals surface area contributed by atoms with E-state index in [2.05, 4.69) is 15.8 Å². The molecule has 0 aliphatic heterocycles. The van der Waals surface area contributed by atoms with E-state index in [1.165, 1.54) is 16.8 Å². The number of hydrogen-bond acceptors (Lipinski definition) is 5. The summed E-state index contributed by atoms with van der Waals surface area (Å²) in [5, 5.41) is 0. The number of amides is 2. The molecule has 2 N–H and O–H groups in total. The fourth-order valence-electron chi connectivity index (χ4n) is 2.30. The number of hydrazine groups is 1. The van der Waals surface area contributed by atoms with Crippen LogP contribution in [-0.4, -0.2) is 27.8 Å². The largest absolute Gasteiger partial charge is 0.494 e. The van der Waals surface area contributed by atoms with Crippen LogP contribution in [0.5, 0.6) is 5.75 Å². The summed E-state index contributed by atoms with van der Waals surface area (Å²) in [6.45, 7) is 2.39. The van der Waals surface area contributed by atoms with Gasteiger partial charge in [0.1, 0.15) is 17.0 Å². The Morgan fingerprint density at radius 3 is 2.54 bits per heavy atom. The SMILES string of the molecule is CCOc1ccc(C(=O)NNC(=O)c2cnc3ccccn3c2=O)cc1. The minimum Gasteiger partial charge on any atom is -0.494 e. The molecule has 2 aromatic heterocycles. The van der Waals surface area contributed by atoms with Crippen molar-refractivity contribution in [3.8, 4) is 5.75 Å². The third-order valence-corrected chi connectivity index (χ3v) is 3.58. The van der Waals surface area contributed by atoms with E-state index in [9.17, 15) is 14.4 Å². The molecule has 0 bridgehead atoms. The van der Waals surface area contributed by atoms with Gasteiger partial charge in [0.2, 0.25) is 0 Å². The van der Waals surface area contributed by atoms with Crippen molar-refractivity contribution in [2.24, 2.45) is 0 Å². The second-order valence-electron chi connectivity index (χ2n) is 5.27. The van der Waals surface area contributed by atoms with Crippen molar-refractivity contribution < 1.29 is 14.3 Å². The van der Waals surface area contributed by atoms with Gasteiger partial charge in [-0.1, -0.05) is 6.07 Å². The molecule has 2 amide bonds. The van der Waals surface area contributed by atoms with Gasteiger partial charge in [-0.2, -0.15) is 0 Å². The average molecular weight is 352 g/mol. The van der Waals surface area contributed by atoms with E-state index in [1.54, 1.807) is 42.5 Å². The molecule has 0 aliphatic rings. The molecule has 0 unspecified atom stereocenters. The zero-order valence-corrected chi connectivity index (χ0v) is 13.9. The van der Waals surface area contributed by atoms with E-state index in [0.717, 1.165) is 0 Å². The molecule has 0 atom stereocenters. The lowest BCUT2D eigenvalue weighted by Crippen LogP contribution is -2.43. The highest BCUT2D eigenvalue weighted by molar-refractivity contribution is 5.98. The average Bonchev–Trinajstić information content (AvgIpc) is 2.67. The standard InChI is InChI=1S/C18H16N4O4/c1-2-26-13-8-6-12(7-9-13)16(23)20-21-17(24)14-11-19-15-5-3-4-10-22(15)18(14)25/h3-11H,2H2,1H3,(H,20,23)(H,21,24). The van der Waals surface area contributed by atoms with E-state index in [-0.39, 0.29) is 5.56 Å². The molecule has 1 aromatic carbocycles. The van der Waals surface area contributed by atoms with Crippen LogP contribution >= 0.6 is 0 Å². The molecule has 0 aliphatic carbocycles. The van der Waals surface area contributed by atoms with Gasteiger partial charge in [0.25, 0.3) is 17.4 Å². The first-order valence-electron chi connectivity index (χ1n) is 7.90. The van der Waals surface area contributed by atoms with Crippen LogP contribution in [0.4, 0.5) is 0 Å². The second kappa shape index (κ2) is 7.47. The van der Waals surface area contributed by atoms with Gasteiger partial charge in [-0.05, 0) is 43.3 Å². The molecule has 0 radical (unpaired) electrons. The number of hydrogen-bond donors (Lipinski definition) is 2. The molecule has 2 heterocycles. The highest BCUT2D eigenvalue weighted by Crippen LogP contribution is 2.11. The molecule has 8 nitrogen and oxygen atoms in total. The van der Waals surface area contributed by atoms with Crippen molar-refractivity contribution in [2.45, 2.75) is 6.92 Å². The zero-order chi connectivity index (χ0) is 18.5. The minimum atomic E-state index is -0.750. The first-order valence-corrected chi connectivity index (χ1v) is 7.90. The molecule has 0 saturated carbocycles. The molecule has 132 valence electrons. The summed E-state index contributed by atoms with van der Waals surface area (Å²) >= 11 is 0. The topological polar surface area (TPSA) is 102 Å². The number of carbonyl (C=O) groups is 2. The summed E-state index contributed by atoms with van der Waals surface area (Å²) in [7, 11) is 0. The van der Waals surface area contributed by atoms with Crippen molar-refractivity contribution in [3.63, 3.8) is 0 Å². The van der Waals surface area contributed by atoms with Gasteiger partial charge in [0.15, 0.2) is 0 Å². The Balaban J connectivity index is 1.69. The summed E-state index contributed by atoms with van der Waals surface area (Å²) in [6.07, 6.45) is 2.69. The number of benzene rings is 1. The Morgan fingerprint density at radius 2 is 1.81 bits per heavy atom. The second-order valence-corrected chi connectivity index (χ2v) is 5.27. The first-order chi connectivity index (χ1) is 12.6. The van der Waals surface area contributed by atoms with Gasteiger partial charge in [0, 0.05) is 18.0 Å². The Hall–Kier alpha value is -3.68. The van der Waals surface area contributed by atoms with E-state index >= 15 is 0 Å². The lowest BCUT2D eigenvalue weighted by atomic mass is 10.2. The highest BCUT2D eigenvalue weighted by atomic mass is 16.5. The fraction of sp³-hybridized carbons (Fsp3) is 0.111. The Kier molecular flexibility index (Phi) is 4.93. The number of carbonyl (C=O) groups excluding carboxylic acids is 2. The smallest absolute Gasteiger partial charge is 0.276 e. The molecule has 8 heteroatoms.